The molecule has 8 heteroatoms. The zero-order valence-corrected chi connectivity index (χ0v) is 16.3. The Balaban J connectivity index is 2.30. The molecule has 0 aromatic heterocycles. The molecular weight excluding hydrogens is 409 g/mol. The summed E-state index contributed by atoms with van der Waals surface area (Å²) in [5, 5.41) is 21.3. The first kappa shape index (κ1) is 20.6. The molecule has 0 radical (unpaired) electrons. The standard InChI is InChI=1S/C19H12Cl3N3O2/c1-11-2-3-14(20)9-17(11)25-19(26)13(10-24)6-12-7-15(21)18(16(22)8-12)27-5-4-23/h2-3,6-9H,5H2,1H3,(H,25,26)/b13-6+. The van der Waals surface area contributed by atoms with E-state index in [1.54, 1.807) is 25.1 Å². The Kier molecular flexibility index (Phi) is 7.10. The van der Waals surface area contributed by atoms with Gasteiger partial charge in [0, 0.05) is 10.7 Å². The van der Waals surface area contributed by atoms with Gasteiger partial charge < -0.3 is 10.1 Å². The summed E-state index contributed by atoms with van der Waals surface area (Å²) < 4.78 is 5.15. The van der Waals surface area contributed by atoms with Gasteiger partial charge in [0.2, 0.25) is 0 Å². The van der Waals surface area contributed by atoms with Crippen LogP contribution in [0.4, 0.5) is 5.69 Å². The van der Waals surface area contributed by atoms with Crippen LogP contribution in [0.25, 0.3) is 6.08 Å². The Bertz CT molecular complexity index is 981. The Labute approximate surface area is 171 Å². The maximum atomic E-state index is 12.4. The maximum absolute atomic E-state index is 12.4. The van der Waals surface area contributed by atoms with Crippen molar-refractivity contribution in [3.05, 3.63) is 62.1 Å². The van der Waals surface area contributed by atoms with Crippen LogP contribution < -0.4 is 10.1 Å². The number of nitriles is 2. The van der Waals surface area contributed by atoms with Crippen LogP contribution in [0.5, 0.6) is 5.75 Å². The zero-order chi connectivity index (χ0) is 20.0. The SMILES string of the molecule is Cc1ccc(Cl)cc1NC(=O)/C(C#N)=C/c1cc(Cl)c(OCC#N)c(Cl)c1. The van der Waals surface area contributed by atoms with E-state index >= 15 is 0 Å². The lowest BCUT2D eigenvalue weighted by molar-refractivity contribution is -0.112. The minimum absolute atomic E-state index is 0.146. The van der Waals surface area contributed by atoms with E-state index in [1.807, 2.05) is 12.1 Å². The van der Waals surface area contributed by atoms with E-state index in [0.717, 1.165) is 5.56 Å². The van der Waals surface area contributed by atoms with Crippen molar-refractivity contribution < 1.29 is 9.53 Å². The van der Waals surface area contributed by atoms with Crippen LogP contribution in [-0.2, 0) is 4.79 Å². The number of hydrogen-bond acceptors (Lipinski definition) is 4. The molecule has 1 amide bonds. The third-order valence-electron chi connectivity index (χ3n) is 3.43. The number of rotatable bonds is 5. The topological polar surface area (TPSA) is 85.9 Å². The summed E-state index contributed by atoms with van der Waals surface area (Å²) in [5.41, 5.74) is 1.59. The molecule has 136 valence electrons. The van der Waals surface area contributed by atoms with Crippen LogP contribution in [-0.4, -0.2) is 12.5 Å². The zero-order valence-electron chi connectivity index (χ0n) is 14.0. The van der Waals surface area contributed by atoms with E-state index in [2.05, 4.69) is 5.32 Å². The van der Waals surface area contributed by atoms with Crippen LogP contribution in [0, 0.1) is 29.6 Å². The lowest BCUT2D eigenvalue weighted by Crippen LogP contribution is -2.14. The molecule has 0 aliphatic rings. The molecule has 2 aromatic rings. The summed E-state index contributed by atoms with van der Waals surface area (Å²) in [6, 6.07) is 11.7. The van der Waals surface area contributed by atoms with E-state index in [4.69, 9.17) is 44.8 Å². The fourth-order valence-corrected chi connectivity index (χ4v) is 2.92. The van der Waals surface area contributed by atoms with Gasteiger partial charge in [-0.05, 0) is 48.4 Å². The van der Waals surface area contributed by atoms with Crippen molar-refractivity contribution in [2.45, 2.75) is 6.92 Å². The average Bonchev–Trinajstić information content (AvgIpc) is 2.62. The van der Waals surface area contributed by atoms with Gasteiger partial charge >= 0.3 is 0 Å². The first-order chi connectivity index (χ1) is 12.8. The van der Waals surface area contributed by atoms with Gasteiger partial charge in [-0.15, -0.1) is 0 Å². The Morgan fingerprint density at radius 1 is 1.19 bits per heavy atom. The van der Waals surface area contributed by atoms with Crippen molar-refractivity contribution in [3.8, 4) is 17.9 Å². The smallest absolute Gasteiger partial charge is 0.266 e. The van der Waals surface area contributed by atoms with Crippen molar-refractivity contribution >= 4 is 52.5 Å². The molecule has 0 fully saturated rings. The largest absolute Gasteiger partial charge is 0.476 e. The number of carbonyl (C=O) groups excluding carboxylic acids is 1. The van der Waals surface area contributed by atoms with Crippen molar-refractivity contribution in [3.63, 3.8) is 0 Å². The highest BCUT2D eigenvalue weighted by atomic mass is 35.5. The molecule has 0 atom stereocenters. The number of hydrogen-bond donors (Lipinski definition) is 1. The fraction of sp³-hybridized carbons (Fsp3) is 0.105. The molecule has 5 nitrogen and oxygen atoms in total. The lowest BCUT2D eigenvalue weighted by Gasteiger charge is -2.09. The quantitative estimate of drug-likeness (QED) is 0.518. The van der Waals surface area contributed by atoms with E-state index in [0.29, 0.717) is 16.3 Å². The molecule has 2 aromatic carbocycles. The minimum atomic E-state index is -0.597. The third kappa shape index (κ3) is 5.39. The number of benzene rings is 2. The summed E-state index contributed by atoms with van der Waals surface area (Å²) in [6.07, 6.45) is 1.35. The highest BCUT2D eigenvalue weighted by molar-refractivity contribution is 6.37. The molecule has 0 spiro atoms. The van der Waals surface area contributed by atoms with Gasteiger partial charge in [0.15, 0.2) is 12.4 Å². The van der Waals surface area contributed by atoms with Gasteiger partial charge in [-0.1, -0.05) is 40.9 Å². The summed E-state index contributed by atoms with van der Waals surface area (Å²) in [4.78, 5) is 12.4. The number of carbonyl (C=O) groups is 1. The number of nitrogens with one attached hydrogen (secondary N) is 1. The number of amides is 1. The van der Waals surface area contributed by atoms with Crippen LogP contribution in [0.2, 0.25) is 15.1 Å². The number of anilines is 1. The number of nitrogens with zero attached hydrogens (tertiary/aromatic N) is 2. The highest BCUT2D eigenvalue weighted by Gasteiger charge is 2.14. The molecule has 2 rings (SSSR count). The molecule has 1 N–H and O–H groups in total. The van der Waals surface area contributed by atoms with Gasteiger partial charge in [-0.25, -0.2) is 0 Å². The molecule has 27 heavy (non-hydrogen) atoms. The minimum Gasteiger partial charge on any atom is -0.476 e. The molecule has 0 saturated heterocycles. The van der Waals surface area contributed by atoms with Gasteiger partial charge in [0.1, 0.15) is 17.7 Å². The monoisotopic (exact) mass is 419 g/mol. The number of halogens is 3. The molecule has 0 saturated carbocycles. The summed E-state index contributed by atoms with van der Waals surface area (Å²) in [7, 11) is 0. The van der Waals surface area contributed by atoms with E-state index in [-0.39, 0.29) is 28.0 Å². The van der Waals surface area contributed by atoms with Crippen LogP contribution >= 0.6 is 34.8 Å². The van der Waals surface area contributed by atoms with Gasteiger partial charge in [-0.2, -0.15) is 10.5 Å². The fourth-order valence-electron chi connectivity index (χ4n) is 2.14. The second-order valence-electron chi connectivity index (χ2n) is 5.34. The van der Waals surface area contributed by atoms with Gasteiger partial charge in [0.05, 0.1) is 10.0 Å². The first-order valence-electron chi connectivity index (χ1n) is 7.53. The number of aryl methyl sites for hydroxylation is 1. The van der Waals surface area contributed by atoms with Gasteiger partial charge in [-0.3, -0.25) is 4.79 Å². The second-order valence-corrected chi connectivity index (χ2v) is 6.59. The molecule has 0 aliphatic carbocycles. The van der Waals surface area contributed by atoms with Crippen molar-refractivity contribution in [2.75, 3.05) is 11.9 Å². The highest BCUT2D eigenvalue weighted by Crippen LogP contribution is 2.35. The summed E-state index contributed by atoms with van der Waals surface area (Å²) in [6.45, 7) is 1.60. The van der Waals surface area contributed by atoms with Crippen LogP contribution in [0.1, 0.15) is 11.1 Å². The molecule has 0 heterocycles. The van der Waals surface area contributed by atoms with E-state index in [1.165, 1.54) is 18.2 Å². The van der Waals surface area contributed by atoms with E-state index < -0.39 is 5.91 Å². The summed E-state index contributed by atoms with van der Waals surface area (Å²) in [5.74, 6) is -0.436. The van der Waals surface area contributed by atoms with Crippen LogP contribution in [0.3, 0.4) is 0 Å². The molecule has 0 bridgehead atoms. The second kappa shape index (κ2) is 9.30. The van der Waals surface area contributed by atoms with Crippen molar-refractivity contribution in [2.24, 2.45) is 0 Å². The predicted octanol–water partition coefficient (Wildman–Crippen LogP) is 5.40. The normalized spacial score (nSPS) is 10.7. The van der Waals surface area contributed by atoms with Gasteiger partial charge in [0.25, 0.3) is 5.91 Å². The van der Waals surface area contributed by atoms with E-state index in [9.17, 15) is 10.1 Å². The Morgan fingerprint density at radius 2 is 1.85 bits per heavy atom. The molecular formula is C19H12Cl3N3O2. The Morgan fingerprint density at radius 3 is 2.44 bits per heavy atom. The predicted molar refractivity (Wildman–Crippen MR) is 106 cm³/mol. The summed E-state index contributed by atoms with van der Waals surface area (Å²) >= 11 is 18.1. The molecule has 0 aliphatic heterocycles. The van der Waals surface area contributed by atoms with Crippen molar-refractivity contribution in [1.82, 2.24) is 0 Å². The first-order valence-corrected chi connectivity index (χ1v) is 8.67. The third-order valence-corrected chi connectivity index (χ3v) is 4.22. The average molecular weight is 421 g/mol. The number of ether oxygens (including phenoxy) is 1. The maximum Gasteiger partial charge on any atom is 0.266 e. The van der Waals surface area contributed by atoms with Crippen LogP contribution in [0.15, 0.2) is 35.9 Å². The molecule has 0 unspecified atom stereocenters. The van der Waals surface area contributed by atoms with Crippen molar-refractivity contribution in [1.29, 1.82) is 10.5 Å². The Hall–Kier alpha value is -2.70. The lowest BCUT2D eigenvalue weighted by atomic mass is 10.1.